The number of hydrogen-bond donors (Lipinski definition) is 2. The van der Waals surface area contributed by atoms with Crippen molar-refractivity contribution in [1.29, 1.82) is 0 Å². The highest BCUT2D eigenvalue weighted by molar-refractivity contribution is 5.80. The third-order valence-corrected chi connectivity index (χ3v) is 3.24. The maximum atomic E-state index is 11.8. The zero-order chi connectivity index (χ0) is 10.8. The Morgan fingerprint density at radius 1 is 1.64 bits per heavy atom. The molecule has 1 rings (SSSR count). The minimum absolute atomic E-state index is 0.0128. The van der Waals surface area contributed by atoms with E-state index in [4.69, 9.17) is 5.11 Å². The molecule has 2 atom stereocenters. The molecular weight excluding hydrogens is 178 g/mol. The SMILES string of the molecule is CC(CO)NC(=O)C1CCCC1(C)C. The summed E-state index contributed by atoms with van der Waals surface area (Å²) < 4.78 is 0. The highest BCUT2D eigenvalue weighted by Crippen LogP contribution is 2.42. The van der Waals surface area contributed by atoms with Gasteiger partial charge in [0, 0.05) is 12.0 Å². The van der Waals surface area contributed by atoms with Gasteiger partial charge >= 0.3 is 0 Å². The van der Waals surface area contributed by atoms with E-state index in [2.05, 4.69) is 19.2 Å². The summed E-state index contributed by atoms with van der Waals surface area (Å²) in [6.07, 6.45) is 3.24. The maximum absolute atomic E-state index is 11.8. The van der Waals surface area contributed by atoms with Crippen molar-refractivity contribution >= 4 is 5.91 Å². The third kappa shape index (κ3) is 2.47. The molecule has 1 amide bonds. The molecule has 0 heterocycles. The molecule has 2 N–H and O–H groups in total. The average molecular weight is 199 g/mol. The second kappa shape index (κ2) is 4.30. The van der Waals surface area contributed by atoms with Crippen LogP contribution in [0.1, 0.15) is 40.0 Å². The first-order valence-corrected chi connectivity index (χ1v) is 5.38. The molecule has 14 heavy (non-hydrogen) atoms. The van der Waals surface area contributed by atoms with E-state index in [-0.39, 0.29) is 29.9 Å². The normalized spacial score (nSPS) is 27.3. The Hall–Kier alpha value is -0.570. The van der Waals surface area contributed by atoms with E-state index in [1.54, 1.807) is 0 Å². The van der Waals surface area contributed by atoms with Gasteiger partial charge in [0.2, 0.25) is 5.91 Å². The first kappa shape index (κ1) is 11.5. The molecule has 0 saturated heterocycles. The van der Waals surface area contributed by atoms with Crippen LogP contribution < -0.4 is 5.32 Å². The minimum Gasteiger partial charge on any atom is -0.394 e. The van der Waals surface area contributed by atoms with Crippen molar-refractivity contribution in [2.45, 2.75) is 46.1 Å². The zero-order valence-electron chi connectivity index (χ0n) is 9.34. The molecular formula is C11H21NO2. The van der Waals surface area contributed by atoms with E-state index in [9.17, 15) is 4.79 Å². The van der Waals surface area contributed by atoms with Crippen LogP contribution in [0.5, 0.6) is 0 Å². The summed E-state index contributed by atoms with van der Waals surface area (Å²) in [6.45, 7) is 6.13. The predicted molar refractivity (Wildman–Crippen MR) is 55.8 cm³/mol. The van der Waals surface area contributed by atoms with E-state index < -0.39 is 0 Å². The van der Waals surface area contributed by atoms with Gasteiger partial charge in [-0.15, -0.1) is 0 Å². The Bertz CT molecular complexity index is 213. The van der Waals surface area contributed by atoms with Crippen LogP contribution in [0.2, 0.25) is 0 Å². The van der Waals surface area contributed by atoms with Crippen LogP contribution in [0.4, 0.5) is 0 Å². The lowest BCUT2D eigenvalue weighted by molar-refractivity contribution is -0.128. The average Bonchev–Trinajstić information content (AvgIpc) is 2.45. The summed E-state index contributed by atoms with van der Waals surface area (Å²) >= 11 is 0. The number of hydrogen-bond acceptors (Lipinski definition) is 2. The van der Waals surface area contributed by atoms with Gasteiger partial charge in [0.05, 0.1) is 6.61 Å². The molecule has 1 aliphatic rings. The number of rotatable bonds is 3. The van der Waals surface area contributed by atoms with Crippen LogP contribution in [-0.2, 0) is 4.79 Å². The van der Waals surface area contributed by atoms with Crippen LogP contribution in [0.3, 0.4) is 0 Å². The zero-order valence-corrected chi connectivity index (χ0v) is 9.34. The fourth-order valence-corrected chi connectivity index (χ4v) is 2.20. The fraction of sp³-hybridized carbons (Fsp3) is 0.909. The van der Waals surface area contributed by atoms with Gasteiger partial charge in [0.1, 0.15) is 0 Å². The lowest BCUT2D eigenvalue weighted by atomic mass is 9.81. The van der Waals surface area contributed by atoms with E-state index in [1.165, 1.54) is 0 Å². The molecule has 0 aromatic rings. The summed E-state index contributed by atoms with van der Waals surface area (Å²) in [5, 5.41) is 11.7. The Kier molecular flexibility index (Phi) is 3.53. The number of aliphatic hydroxyl groups excluding tert-OH is 1. The smallest absolute Gasteiger partial charge is 0.223 e. The van der Waals surface area contributed by atoms with E-state index >= 15 is 0 Å². The quantitative estimate of drug-likeness (QED) is 0.720. The van der Waals surface area contributed by atoms with E-state index in [0.717, 1.165) is 19.3 Å². The van der Waals surface area contributed by atoms with Crippen LogP contribution in [0.15, 0.2) is 0 Å². The van der Waals surface area contributed by atoms with Crippen molar-refractivity contribution in [2.24, 2.45) is 11.3 Å². The second-order valence-electron chi connectivity index (χ2n) is 5.03. The van der Waals surface area contributed by atoms with Gasteiger partial charge in [-0.3, -0.25) is 4.79 Å². The van der Waals surface area contributed by atoms with Crippen LogP contribution in [0.25, 0.3) is 0 Å². The summed E-state index contributed by atoms with van der Waals surface area (Å²) in [6, 6.07) is -0.126. The summed E-state index contributed by atoms with van der Waals surface area (Å²) in [5.74, 6) is 0.227. The number of carbonyl (C=O) groups is 1. The van der Waals surface area contributed by atoms with Crippen molar-refractivity contribution < 1.29 is 9.90 Å². The number of carbonyl (C=O) groups excluding carboxylic acids is 1. The first-order chi connectivity index (χ1) is 6.47. The molecule has 0 aromatic heterocycles. The predicted octanol–water partition coefficient (Wildman–Crippen LogP) is 1.31. The molecule has 2 unspecified atom stereocenters. The molecule has 1 fully saturated rings. The van der Waals surface area contributed by atoms with Gasteiger partial charge in [-0.2, -0.15) is 0 Å². The molecule has 1 aliphatic carbocycles. The minimum atomic E-state index is -0.126. The van der Waals surface area contributed by atoms with Gasteiger partial charge in [-0.25, -0.2) is 0 Å². The van der Waals surface area contributed by atoms with Gasteiger partial charge in [0.25, 0.3) is 0 Å². The molecule has 0 radical (unpaired) electrons. The third-order valence-electron chi connectivity index (χ3n) is 3.24. The molecule has 0 spiro atoms. The summed E-state index contributed by atoms with van der Waals surface area (Å²) in [5.41, 5.74) is 0.124. The molecule has 0 aliphatic heterocycles. The van der Waals surface area contributed by atoms with E-state index in [1.807, 2.05) is 6.92 Å². The number of amides is 1. The largest absolute Gasteiger partial charge is 0.394 e. The lowest BCUT2D eigenvalue weighted by Crippen LogP contribution is -2.42. The van der Waals surface area contributed by atoms with Crippen molar-refractivity contribution in [3.8, 4) is 0 Å². The van der Waals surface area contributed by atoms with Gasteiger partial charge < -0.3 is 10.4 Å². The standard InChI is InChI=1S/C11H21NO2/c1-8(7-13)12-10(14)9-5-4-6-11(9,2)3/h8-9,13H,4-7H2,1-3H3,(H,12,14). The first-order valence-electron chi connectivity index (χ1n) is 5.38. The van der Waals surface area contributed by atoms with Crippen molar-refractivity contribution in [3.05, 3.63) is 0 Å². The monoisotopic (exact) mass is 199 g/mol. The van der Waals surface area contributed by atoms with Crippen LogP contribution in [-0.4, -0.2) is 23.7 Å². The highest BCUT2D eigenvalue weighted by atomic mass is 16.3. The van der Waals surface area contributed by atoms with Crippen molar-refractivity contribution in [1.82, 2.24) is 5.32 Å². The summed E-state index contributed by atoms with van der Waals surface area (Å²) in [7, 11) is 0. The number of aliphatic hydroxyl groups is 1. The Morgan fingerprint density at radius 3 is 2.71 bits per heavy atom. The number of nitrogens with one attached hydrogen (secondary N) is 1. The Labute approximate surface area is 85.9 Å². The maximum Gasteiger partial charge on any atom is 0.223 e. The fourth-order valence-electron chi connectivity index (χ4n) is 2.20. The van der Waals surface area contributed by atoms with Crippen molar-refractivity contribution in [3.63, 3.8) is 0 Å². The highest BCUT2D eigenvalue weighted by Gasteiger charge is 2.39. The van der Waals surface area contributed by atoms with Crippen LogP contribution >= 0.6 is 0 Å². The molecule has 3 heteroatoms. The Morgan fingerprint density at radius 2 is 2.29 bits per heavy atom. The van der Waals surface area contributed by atoms with Gasteiger partial charge in [-0.1, -0.05) is 20.3 Å². The molecule has 0 bridgehead atoms. The molecule has 3 nitrogen and oxygen atoms in total. The van der Waals surface area contributed by atoms with Crippen molar-refractivity contribution in [2.75, 3.05) is 6.61 Å². The second-order valence-corrected chi connectivity index (χ2v) is 5.03. The van der Waals surface area contributed by atoms with Gasteiger partial charge in [-0.05, 0) is 25.2 Å². The molecule has 1 saturated carbocycles. The van der Waals surface area contributed by atoms with E-state index in [0.29, 0.717) is 0 Å². The van der Waals surface area contributed by atoms with Gasteiger partial charge in [0.15, 0.2) is 0 Å². The lowest BCUT2D eigenvalue weighted by Gasteiger charge is -2.27. The molecule has 82 valence electrons. The Balaban J connectivity index is 2.52. The topological polar surface area (TPSA) is 49.3 Å². The van der Waals surface area contributed by atoms with Crippen LogP contribution in [0, 0.1) is 11.3 Å². The summed E-state index contributed by atoms with van der Waals surface area (Å²) in [4.78, 5) is 11.8. The molecule has 0 aromatic carbocycles.